The van der Waals surface area contributed by atoms with Gasteiger partial charge in [0.1, 0.15) is 0 Å². The van der Waals surface area contributed by atoms with E-state index in [1.54, 1.807) is 0 Å². The molecule has 0 aliphatic heterocycles. The summed E-state index contributed by atoms with van der Waals surface area (Å²) in [5.41, 5.74) is 1.48. The Morgan fingerprint density at radius 2 is 1.92 bits per heavy atom. The van der Waals surface area contributed by atoms with E-state index in [0.717, 1.165) is 0 Å². The van der Waals surface area contributed by atoms with Gasteiger partial charge in [-0.1, -0.05) is 27.7 Å². The minimum Gasteiger partial charge on any atom is -0.260 e. The van der Waals surface area contributed by atoms with Gasteiger partial charge in [0.15, 0.2) is 0 Å². The van der Waals surface area contributed by atoms with Gasteiger partial charge in [0.2, 0.25) is 0 Å². The lowest BCUT2D eigenvalue weighted by atomic mass is 9.80. The van der Waals surface area contributed by atoms with Crippen molar-refractivity contribution in [1.82, 2.24) is 4.98 Å². The van der Waals surface area contributed by atoms with E-state index in [1.807, 2.05) is 6.20 Å². The van der Waals surface area contributed by atoms with Crippen LogP contribution in [0.3, 0.4) is 0 Å². The van der Waals surface area contributed by atoms with Crippen LogP contribution < -0.4 is 0 Å². The van der Waals surface area contributed by atoms with Crippen LogP contribution in [0.4, 0.5) is 0 Å². The molecule has 1 rings (SSSR count). The topological polar surface area (TPSA) is 12.9 Å². The van der Waals surface area contributed by atoms with Crippen molar-refractivity contribution in [2.45, 2.75) is 33.6 Å². The zero-order valence-corrected chi connectivity index (χ0v) is 10.8. The molecule has 0 aliphatic carbocycles. The molecule has 0 aliphatic rings. The molecular formula is C11H16IN. The van der Waals surface area contributed by atoms with E-state index in [2.05, 4.69) is 67.4 Å². The van der Waals surface area contributed by atoms with Crippen molar-refractivity contribution in [3.63, 3.8) is 0 Å². The Bertz CT molecular complexity index is 271. The fraction of sp³-hybridized carbons (Fsp3) is 0.545. The third-order valence-electron chi connectivity index (χ3n) is 2.49. The summed E-state index contributed by atoms with van der Waals surface area (Å²) in [4.78, 5) is 4.44. The van der Waals surface area contributed by atoms with Gasteiger partial charge in [-0.15, -0.1) is 0 Å². The Balaban J connectivity index is 2.90. The predicted molar refractivity (Wildman–Crippen MR) is 64.8 cm³/mol. The van der Waals surface area contributed by atoms with E-state index in [-0.39, 0.29) is 0 Å². The number of halogens is 1. The van der Waals surface area contributed by atoms with E-state index in [0.29, 0.717) is 11.3 Å². The average Bonchev–Trinajstić information content (AvgIpc) is 2.03. The standard InChI is InChI=1S/C11H16IN/c1-8(11(2,3)4)10-6-5-9(12)7-13-10/h5-8H,1-4H3. The maximum atomic E-state index is 4.44. The van der Waals surface area contributed by atoms with Crippen LogP contribution >= 0.6 is 22.6 Å². The molecule has 0 spiro atoms. The number of rotatable bonds is 1. The van der Waals surface area contributed by atoms with Crippen LogP contribution in [0.2, 0.25) is 0 Å². The van der Waals surface area contributed by atoms with Gasteiger partial charge in [0.05, 0.1) is 0 Å². The Labute approximate surface area is 94.1 Å². The summed E-state index contributed by atoms with van der Waals surface area (Å²) in [6.45, 7) is 8.97. The van der Waals surface area contributed by atoms with Crippen molar-refractivity contribution < 1.29 is 0 Å². The number of hydrogen-bond acceptors (Lipinski definition) is 1. The zero-order chi connectivity index (χ0) is 10.1. The van der Waals surface area contributed by atoms with Crippen molar-refractivity contribution in [1.29, 1.82) is 0 Å². The van der Waals surface area contributed by atoms with E-state index in [1.165, 1.54) is 9.26 Å². The summed E-state index contributed by atoms with van der Waals surface area (Å²) in [6, 6.07) is 4.24. The van der Waals surface area contributed by atoms with Crippen LogP contribution in [0.25, 0.3) is 0 Å². The Hall–Kier alpha value is -0.120. The van der Waals surface area contributed by atoms with Crippen LogP contribution in [0.15, 0.2) is 18.3 Å². The molecule has 72 valence electrons. The highest BCUT2D eigenvalue weighted by atomic mass is 127. The molecule has 0 radical (unpaired) electrons. The molecule has 1 aromatic rings. The first-order valence-corrected chi connectivity index (χ1v) is 5.60. The van der Waals surface area contributed by atoms with Crippen LogP contribution in [0.1, 0.15) is 39.3 Å². The lowest BCUT2D eigenvalue weighted by molar-refractivity contribution is 0.334. The summed E-state index contributed by atoms with van der Waals surface area (Å²) in [7, 11) is 0. The molecular weight excluding hydrogens is 273 g/mol. The number of pyridine rings is 1. The molecule has 0 aromatic carbocycles. The first-order chi connectivity index (χ1) is 5.91. The van der Waals surface area contributed by atoms with Gasteiger partial charge < -0.3 is 0 Å². The molecule has 0 bridgehead atoms. The molecule has 1 unspecified atom stereocenters. The van der Waals surface area contributed by atoms with Crippen LogP contribution in [-0.4, -0.2) is 4.98 Å². The smallest absolute Gasteiger partial charge is 0.0437 e. The maximum absolute atomic E-state index is 4.44. The van der Waals surface area contributed by atoms with Gasteiger partial charge in [-0.2, -0.15) is 0 Å². The van der Waals surface area contributed by atoms with E-state index in [9.17, 15) is 0 Å². The van der Waals surface area contributed by atoms with E-state index < -0.39 is 0 Å². The predicted octanol–water partition coefficient (Wildman–Crippen LogP) is 3.84. The fourth-order valence-corrected chi connectivity index (χ4v) is 1.41. The summed E-state index contributed by atoms with van der Waals surface area (Å²) >= 11 is 2.28. The van der Waals surface area contributed by atoms with Crippen molar-refractivity contribution in [2.24, 2.45) is 5.41 Å². The molecule has 1 aromatic heterocycles. The summed E-state index contributed by atoms with van der Waals surface area (Å²) in [6.07, 6.45) is 1.93. The van der Waals surface area contributed by atoms with Gasteiger partial charge >= 0.3 is 0 Å². The maximum Gasteiger partial charge on any atom is 0.0437 e. The second-order valence-corrected chi connectivity index (χ2v) is 5.73. The lowest BCUT2D eigenvalue weighted by Gasteiger charge is -2.26. The number of nitrogens with zero attached hydrogens (tertiary/aromatic N) is 1. The molecule has 1 nitrogen and oxygen atoms in total. The Morgan fingerprint density at radius 3 is 2.31 bits per heavy atom. The second-order valence-electron chi connectivity index (χ2n) is 4.49. The third-order valence-corrected chi connectivity index (χ3v) is 3.13. The molecule has 2 heteroatoms. The monoisotopic (exact) mass is 289 g/mol. The van der Waals surface area contributed by atoms with Crippen LogP contribution in [0, 0.1) is 8.99 Å². The SMILES string of the molecule is CC(c1ccc(I)cn1)C(C)(C)C. The van der Waals surface area contributed by atoms with Crippen molar-refractivity contribution in [3.05, 3.63) is 27.6 Å². The molecule has 0 fully saturated rings. The highest BCUT2D eigenvalue weighted by Crippen LogP contribution is 2.33. The summed E-state index contributed by atoms with van der Waals surface area (Å²) in [5.74, 6) is 0.504. The molecule has 0 N–H and O–H groups in total. The Morgan fingerprint density at radius 1 is 1.31 bits per heavy atom. The van der Waals surface area contributed by atoms with E-state index in [4.69, 9.17) is 0 Å². The molecule has 1 atom stereocenters. The molecule has 1 heterocycles. The van der Waals surface area contributed by atoms with Gasteiger partial charge in [0.25, 0.3) is 0 Å². The average molecular weight is 289 g/mol. The molecule has 0 saturated heterocycles. The highest BCUT2D eigenvalue weighted by Gasteiger charge is 2.22. The quantitative estimate of drug-likeness (QED) is 0.716. The van der Waals surface area contributed by atoms with Crippen molar-refractivity contribution in [3.8, 4) is 0 Å². The highest BCUT2D eigenvalue weighted by molar-refractivity contribution is 14.1. The molecule has 0 saturated carbocycles. The summed E-state index contributed by atoms with van der Waals surface area (Å²) < 4.78 is 1.20. The molecule has 0 amide bonds. The third kappa shape index (κ3) is 2.93. The van der Waals surface area contributed by atoms with Crippen molar-refractivity contribution >= 4 is 22.6 Å². The minimum atomic E-state index is 0.291. The largest absolute Gasteiger partial charge is 0.260 e. The van der Waals surface area contributed by atoms with Gasteiger partial charge in [0, 0.05) is 21.4 Å². The van der Waals surface area contributed by atoms with Crippen LogP contribution in [0.5, 0.6) is 0 Å². The Kier molecular flexibility index (Phi) is 3.33. The van der Waals surface area contributed by atoms with Crippen LogP contribution in [-0.2, 0) is 0 Å². The minimum absolute atomic E-state index is 0.291. The lowest BCUT2D eigenvalue weighted by Crippen LogP contribution is -2.16. The fourth-order valence-electron chi connectivity index (χ4n) is 1.09. The molecule has 13 heavy (non-hydrogen) atoms. The van der Waals surface area contributed by atoms with E-state index >= 15 is 0 Å². The van der Waals surface area contributed by atoms with Crippen molar-refractivity contribution in [2.75, 3.05) is 0 Å². The van der Waals surface area contributed by atoms with Gasteiger partial charge in [-0.3, -0.25) is 4.98 Å². The summed E-state index contributed by atoms with van der Waals surface area (Å²) in [5, 5.41) is 0. The first-order valence-electron chi connectivity index (χ1n) is 4.52. The number of hydrogen-bond donors (Lipinski definition) is 0. The first kappa shape index (κ1) is 11.0. The zero-order valence-electron chi connectivity index (χ0n) is 8.63. The van der Waals surface area contributed by atoms with Gasteiger partial charge in [-0.25, -0.2) is 0 Å². The number of aromatic nitrogens is 1. The van der Waals surface area contributed by atoms with Gasteiger partial charge in [-0.05, 0) is 40.1 Å². The normalized spacial score (nSPS) is 14.2. The second kappa shape index (κ2) is 3.95.